The van der Waals surface area contributed by atoms with E-state index in [1.165, 1.54) is 0 Å². The summed E-state index contributed by atoms with van der Waals surface area (Å²) >= 11 is 5.31. The number of nitrogens with zero attached hydrogens (tertiary/aromatic N) is 1. The largest absolute Gasteiger partial charge is 0.444 e. The molecule has 0 bridgehead atoms. The Morgan fingerprint density at radius 1 is 1.64 bits per heavy atom. The number of alkyl halides is 1. The van der Waals surface area contributed by atoms with Crippen LogP contribution in [0.1, 0.15) is 16.9 Å². The molecule has 0 aliphatic rings. The van der Waals surface area contributed by atoms with Crippen molar-refractivity contribution in [3.8, 4) is 6.07 Å². The molecule has 0 saturated heterocycles. The molecule has 0 unspecified atom stereocenters. The van der Waals surface area contributed by atoms with Crippen molar-refractivity contribution in [2.75, 3.05) is 11.2 Å². The monoisotopic (exact) mass is 212 g/mol. The Morgan fingerprint density at radius 2 is 2.29 bits per heavy atom. The fraction of sp³-hybridized carbons (Fsp3) is 0.333. The molecule has 0 spiro atoms. The van der Waals surface area contributed by atoms with E-state index in [0.717, 1.165) is 5.56 Å². The summed E-state index contributed by atoms with van der Waals surface area (Å²) in [6, 6.07) is 1.96. The zero-order chi connectivity index (χ0) is 10.7. The lowest BCUT2D eigenvalue weighted by Gasteiger charge is -1.97. The van der Waals surface area contributed by atoms with Gasteiger partial charge < -0.3 is 4.42 Å². The first-order valence-corrected chi connectivity index (χ1v) is 4.49. The minimum absolute atomic E-state index is 0.163. The third-order valence-corrected chi connectivity index (χ3v) is 2.11. The lowest BCUT2D eigenvalue weighted by atomic mass is 10.2. The zero-order valence-corrected chi connectivity index (χ0v) is 8.60. The Kier molecular flexibility index (Phi) is 3.15. The van der Waals surface area contributed by atoms with Gasteiger partial charge in [0.2, 0.25) is 11.8 Å². The van der Waals surface area contributed by atoms with E-state index in [9.17, 15) is 4.79 Å². The van der Waals surface area contributed by atoms with Gasteiger partial charge in [-0.2, -0.15) is 5.26 Å². The summed E-state index contributed by atoms with van der Waals surface area (Å²) in [6.45, 7) is 3.49. The van der Waals surface area contributed by atoms with Crippen LogP contribution in [0.2, 0.25) is 0 Å². The minimum atomic E-state index is -0.392. The second-order valence-electron chi connectivity index (χ2n) is 2.78. The number of amides is 1. The summed E-state index contributed by atoms with van der Waals surface area (Å²) < 4.78 is 5.20. The average molecular weight is 213 g/mol. The fourth-order valence-electron chi connectivity index (χ4n) is 1.01. The van der Waals surface area contributed by atoms with Crippen molar-refractivity contribution >= 4 is 23.4 Å². The molecule has 1 rings (SSSR count). The van der Waals surface area contributed by atoms with E-state index < -0.39 is 5.91 Å². The van der Waals surface area contributed by atoms with Gasteiger partial charge in [-0.15, -0.1) is 11.6 Å². The van der Waals surface area contributed by atoms with E-state index in [2.05, 4.69) is 5.32 Å². The highest BCUT2D eigenvalue weighted by Crippen LogP contribution is 2.25. The molecule has 0 aromatic carbocycles. The molecule has 0 saturated carbocycles. The number of carbonyl (C=O) groups excluding carboxylic acids is 1. The minimum Gasteiger partial charge on any atom is -0.444 e. The summed E-state index contributed by atoms with van der Waals surface area (Å²) in [5.41, 5.74) is 1.08. The lowest BCUT2D eigenvalue weighted by Crippen LogP contribution is -2.12. The fourth-order valence-corrected chi connectivity index (χ4v) is 1.08. The maximum absolute atomic E-state index is 11.0. The molecule has 74 valence electrons. The highest BCUT2D eigenvalue weighted by molar-refractivity contribution is 6.29. The van der Waals surface area contributed by atoms with Gasteiger partial charge in [0.05, 0.1) is 0 Å². The van der Waals surface area contributed by atoms with Crippen molar-refractivity contribution in [2.45, 2.75) is 13.8 Å². The molecule has 0 aliphatic carbocycles. The standard InChI is InChI=1S/C9H9ClN2O2/c1-5-6(2)14-9(7(5)4-11)12-8(13)3-10/h3H2,1-2H3,(H,12,13). The van der Waals surface area contributed by atoms with Crippen LogP contribution in [0.3, 0.4) is 0 Å². The predicted octanol–water partition coefficient (Wildman–Crippen LogP) is 1.95. The number of nitriles is 1. The Balaban J connectivity index is 3.04. The van der Waals surface area contributed by atoms with E-state index in [0.29, 0.717) is 11.3 Å². The van der Waals surface area contributed by atoms with Gasteiger partial charge in [0, 0.05) is 5.56 Å². The number of anilines is 1. The van der Waals surface area contributed by atoms with E-state index in [4.69, 9.17) is 21.3 Å². The molecule has 1 N–H and O–H groups in total. The maximum Gasteiger partial charge on any atom is 0.241 e. The smallest absolute Gasteiger partial charge is 0.241 e. The second-order valence-corrected chi connectivity index (χ2v) is 3.05. The van der Waals surface area contributed by atoms with Crippen LogP contribution in [0.4, 0.5) is 5.88 Å². The van der Waals surface area contributed by atoms with E-state index >= 15 is 0 Å². The zero-order valence-electron chi connectivity index (χ0n) is 7.85. The molecule has 14 heavy (non-hydrogen) atoms. The predicted molar refractivity (Wildman–Crippen MR) is 52.2 cm³/mol. The number of furan rings is 1. The molecule has 1 aromatic rings. The van der Waals surface area contributed by atoms with Crippen LogP contribution < -0.4 is 5.32 Å². The van der Waals surface area contributed by atoms with Crippen molar-refractivity contribution in [1.82, 2.24) is 0 Å². The van der Waals surface area contributed by atoms with Crippen molar-refractivity contribution < 1.29 is 9.21 Å². The molecule has 0 atom stereocenters. The highest BCUT2D eigenvalue weighted by atomic mass is 35.5. The van der Waals surface area contributed by atoms with Crippen molar-refractivity contribution in [2.24, 2.45) is 0 Å². The lowest BCUT2D eigenvalue weighted by molar-refractivity contribution is -0.114. The molecular weight excluding hydrogens is 204 g/mol. The number of hydrogen-bond donors (Lipinski definition) is 1. The van der Waals surface area contributed by atoms with Gasteiger partial charge in [0.1, 0.15) is 23.3 Å². The topological polar surface area (TPSA) is 66.0 Å². The van der Waals surface area contributed by atoms with Gasteiger partial charge in [0.25, 0.3) is 0 Å². The van der Waals surface area contributed by atoms with Crippen LogP contribution in [-0.2, 0) is 4.79 Å². The Bertz CT molecular complexity index is 404. The molecule has 0 radical (unpaired) electrons. The van der Waals surface area contributed by atoms with Crippen molar-refractivity contribution in [3.63, 3.8) is 0 Å². The number of halogens is 1. The number of carbonyl (C=O) groups is 1. The Hall–Kier alpha value is -1.47. The molecule has 1 heterocycles. The van der Waals surface area contributed by atoms with E-state index in [1.54, 1.807) is 13.8 Å². The molecular formula is C9H9ClN2O2. The van der Waals surface area contributed by atoms with Crippen molar-refractivity contribution in [3.05, 3.63) is 16.9 Å². The van der Waals surface area contributed by atoms with Gasteiger partial charge in [-0.3, -0.25) is 10.1 Å². The Morgan fingerprint density at radius 3 is 2.79 bits per heavy atom. The summed E-state index contributed by atoms with van der Waals surface area (Å²) in [6.07, 6.45) is 0. The van der Waals surface area contributed by atoms with Crippen LogP contribution in [0.25, 0.3) is 0 Å². The number of rotatable bonds is 2. The highest BCUT2D eigenvalue weighted by Gasteiger charge is 2.15. The molecule has 0 aliphatic heterocycles. The maximum atomic E-state index is 11.0. The first-order chi connectivity index (χ1) is 6.60. The number of nitrogens with one attached hydrogen (secondary N) is 1. The SMILES string of the molecule is Cc1oc(NC(=O)CCl)c(C#N)c1C. The molecule has 1 amide bonds. The summed E-state index contributed by atoms with van der Waals surface area (Å²) in [5, 5.41) is 11.2. The average Bonchev–Trinajstić information content (AvgIpc) is 2.42. The normalized spacial score (nSPS) is 9.57. The van der Waals surface area contributed by atoms with E-state index in [1.807, 2.05) is 6.07 Å². The van der Waals surface area contributed by atoms with Gasteiger partial charge in [-0.1, -0.05) is 0 Å². The summed E-state index contributed by atoms with van der Waals surface area (Å²) in [5.74, 6) is 0.236. The van der Waals surface area contributed by atoms with Gasteiger partial charge in [-0.05, 0) is 13.8 Å². The van der Waals surface area contributed by atoms with Gasteiger partial charge in [-0.25, -0.2) is 0 Å². The third-order valence-electron chi connectivity index (χ3n) is 1.87. The summed E-state index contributed by atoms with van der Waals surface area (Å²) in [4.78, 5) is 11.0. The quantitative estimate of drug-likeness (QED) is 0.762. The molecule has 1 aromatic heterocycles. The van der Waals surface area contributed by atoms with Crippen LogP contribution in [0, 0.1) is 25.2 Å². The molecule has 4 nitrogen and oxygen atoms in total. The van der Waals surface area contributed by atoms with E-state index in [-0.39, 0.29) is 11.8 Å². The number of hydrogen-bond acceptors (Lipinski definition) is 3. The van der Waals surface area contributed by atoms with Gasteiger partial charge >= 0.3 is 0 Å². The van der Waals surface area contributed by atoms with Crippen LogP contribution in [-0.4, -0.2) is 11.8 Å². The Labute approximate surface area is 86.5 Å². The number of aryl methyl sites for hydroxylation is 1. The van der Waals surface area contributed by atoms with Crippen LogP contribution in [0.15, 0.2) is 4.42 Å². The van der Waals surface area contributed by atoms with Crippen LogP contribution >= 0.6 is 11.6 Å². The summed E-state index contributed by atoms with van der Waals surface area (Å²) in [7, 11) is 0. The van der Waals surface area contributed by atoms with Gasteiger partial charge in [0.15, 0.2) is 0 Å². The first-order valence-electron chi connectivity index (χ1n) is 3.96. The molecule has 0 fully saturated rings. The molecule has 5 heteroatoms. The van der Waals surface area contributed by atoms with Crippen molar-refractivity contribution in [1.29, 1.82) is 5.26 Å². The first kappa shape index (κ1) is 10.6. The third kappa shape index (κ3) is 1.88. The second kappa shape index (κ2) is 4.16. The van der Waals surface area contributed by atoms with Crippen LogP contribution in [0.5, 0.6) is 0 Å².